The molecular formula is C23H27NO2S2. The van der Waals surface area contributed by atoms with E-state index in [-0.39, 0.29) is 11.9 Å². The first-order chi connectivity index (χ1) is 13.4. The Morgan fingerprint density at radius 1 is 1.25 bits per heavy atom. The van der Waals surface area contributed by atoms with Gasteiger partial charge in [0.25, 0.3) is 0 Å². The number of esters is 1. The zero-order chi connectivity index (χ0) is 20.3. The van der Waals surface area contributed by atoms with Crippen LogP contribution in [0.4, 0.5) is 5.00 Å². The van der Waals surface area contributed by atoms with Crippen LogP contribution in [-0.2, 0) is 9.53 Å². The highest BCUT2D eigenvalue weighted by Crippen LogP contribution is 2.41. The average molecular weight is 414 g/mol. The summed E-state index contributed by atoms with van der Waals surface area (Å²) in [5.74, 6) is -0.201. The molecule has 28 heavy (non-hydrogen) atoms. The number of thiophene rings is 1. The van der Waals surface area contributed by atoms with Crippen molar-refractivity contribution in [2.45, 2.75) is 46.5 Å². The van der Waals surface area contributed by atoms with E-state index in [4.69, 9.17) is 17.0 Å². The summed E-state index contributed by atoms with van der Waals surface area (Å²) < 4.78 is 4.87. The van der Waals surface area contributed by atoms with Crippen LogP contribution < -0.4 is 5.32 Å². The number of rotatable bonds is 3. The Hall–Kier alpha value is -1.98. The molecule has 1 N–H and O–H groups in total. The molecule has 2 heterocycles. The van der Waals surface area contributed by atoms with Gasteiger partial charge in [0.15, 0.2) is 0 Å². The molecule has 0 amide bonds. The van der Waals surface area contributed by atoms with Gasteiger partial charge in [-0.1, -0.05) is 48.1 Å². The molecule has 3 nitrogen and oxygen atoms in total. The van der Waals surface area contributed by atoms with Crippen molar-refractivity contribution in [1.82, 2.24) is 0 Å². The number of thiocarbonyl (C=S) groups is 1. The molecule has 0 bridgehead atoms. The average Bonchev–Trinajstić information content (AvgIpc) is 2.95. The molecule has 0 unspecified atom stereocenters. The van der Waals surface area contributed by atoms with Gasteiger partial charge in [-0.15, -0.1) is 11.3 Å². The van der Waals surface area contributed by atoms with Gasteiger partial charge in [0.05, 0.1) is 18.5 Å². The SMILES string of the molecule is COC(=O)C[C@H]1CCC/C=C(/c2ccc(C)cc2)c2c(sc(C)c2C)NC1=S. The molecule has 0 saturated carbocycles. The molecule has 1 aliphatic heterocycles. The summed E-state index contributed by atoms with van der Waals surface area (Å²) in [5, 5.41) is 4.56. The van der Waals surface area contributed by atoms with Crippen LogP contribution in [0.25, 0.3) is 5.57 Å². The fraction of sp³-hybridized carbons (Fsp3) is 0.391. The summed E-state index contributed by atoms with van der Waals surface area (Å²) in [5.41, 5.74) is 6.26. The number of carbonyl (C=O) groups is 1. The molecule has 0 aliphatic carbocycles. The van der Waals surface area contributed by atoms with E-state index in [1.54, 1.807) is 11.3 Å². The smallest absolute Gasteiger partial charge is 0.306 e. The molecule has 1 aliphatic rings. The maximum absolute atomic E-state index is 11.8. The van der Waals surface area contributed by atoms with E-state index in [0.717, 1.165) is 29.3 Å². The second-order valence-electron chi connectivity index (χ2n) is 7.37. The van der Waals surface area contributed by atoms with Gasteiger partial charge in [0, 0.05) is 16.4 Å². The molecule has 5 heteroatoms. The molecule has 3 rings (SSSR count). The third-order valence-electron chi connectivity index (χ3n) is 5.37. The zero-order valence-electron chi connectivity index (χ0n) is 16.9. The Morgan fingerprint density at radius 2 is 1.96 bits per heavy atom. The van der Waals surface area contributed by atoms with Crippen LogP contribution in [-0.4, -0.2) is 18.1 Å². The Kier molecular flexibility index (Phi) is 6.68. The molecule has 1 aromatic carbocycles. The minimum absolute atomic E-state index is 0.00679. The fourth-order valence-corrected chi connectivity index (χ4v) is 5.03. The van der Waals surface area contributed by atoms with Crippen LogP contribution in [0.3, 0.4) is 0 Å². The molecule has 0 spiro atoms. The van der Waals surface area contributed by atoms with Crippen molar-refractivity contribution in [2.24, 2.45) is 5.92 Å². The summed E-state index contributed by atoms with van der Waals surface area (Å²) in [6.45, 7) is 6.43. The maximum atomic E-state index is 11.8. The number of hydrogen-bond donors (Lipinski definition) is 1. The Balaban J connectivity index is 2.03. The number of fused-ring (bicyclic) bond motifs is 1. The largest absolute Gasteiger partial charge is 0.469 e. The van der Waals surface area contributed by atoms with Crippen molar-refractivity contribution < 1.29 is 9.53 Å². The van der Waals surface area contributed by atoms with E-state index in [1.165, 1.54) is 39.8 Å². The van der Waals surface area contributed by atoms with Gasteiger partial charge in [-0.3, -0.25) is 4.79 Å². The zero-order valence-corrected chi connectivity index (χ0v) is 18.6. The number of anilines is 1. The van der Waals surface area contributed by atoms with E-state index < -0.39 is 0 Å². The number of carbonyl (C=O) groups excluding carboxylic acids is 1. The van der Waals surface area contributed by atoms with Crippen LogP contribution in [0.2, 0.25) is 0 Å². The lowest BCUT2D eigenvalue weighted by Crippen LogP contribution is -2.24. The fourth-order valence-electron chi connectivity index (χ4n) is 3.57. The highest BCUT2D eigenvalue weighted by molar-refractivity contribution is 7.80. The van der Waals surface area contributed by atoms with Gasteiger partial charge >= 0.3 is 5.97 Å². The van der Waals surface area contributed by atoms with Crippen LogP contribution in [0.5, 0.6) is 0 Å². The number of allylic oxidation sites excluding steroid dienone is 1. The lowest BCUT2D eigenvalue weighted by molar-refractivity contribution is -0.141. The van der Waals surface area contributed by atoms with E-state index in [9.17, 15) is 4.79 Å². The van der Waals surface area contributed by atoms with Gasteiger partial charge in [-0.25, -0.2) is 0 Å². The first-order valence-corrected chi connectivity index (χ1v) is 10.9. The number of hydrogen-bond acceptors (Lipinski definition) is 4. The molecule has 148 valence electrons. The normalized spacial score (nSPS) is 19.2. The van der Waals surface area contributed by atoms with Crippen LogP contribution in [0, 0.1) is 26.7 Å². The minimum atomic E-state index is -0.208. The maximum Gasteiger partial charge on any atom is 0.306 e. The van der Waals surface area contributed by atoms with E-state index in [1.807, 2.05) is 0 Å². The van der Waals surface area contributed by atoms with Crippen molar-refractivity contribution in [3.63, 3.8) is 0 Å². The molecule has 0 fully saturated rings. The third kappa shape index (κ3) is 4.53. The van der Waals surface area contributed by atoms with Crippen LogP contribution >= 0.6 is 23.6 Å². The topological polar surface area (TPSA) is 38.3 Å². The number of aryl methyl sites for hydroxylation is 2. The van der Waals surface area contributed by atoms with Gasteiger partial charge < -0.3 is 10.1 Å². The van der Waals surface area contributed by atoms with E-state index in [2.05, 4.69) is 56.4 Å². The Labute approximate surface area is 176 Å². The molecule has 0 saturated heterocycles. The second-order valence-corrected chi connectivity index (χ2v) is 9.03. The van der Waals surface area contributed by atoms with E-state index >= 15 is 0 Å². The summed E-state index contributed by atoms with van der Waals surface area (Å²) in [6, 6.07) is 8.71. The van der Waals surface area contributed by atoms with Crippen molar-refractivity contribution in [3.8, 4) is 0 Å². The quantitative estimate of drug-likeness (QED) is 0.480. The lowest BCUT2D eigenvalue weighted by atomic mass is 9.91. The standard InChI is InChI=1S/C23H27NO2S2/c1-14-9-11-17(12-10-14)19-8-6-5-7-18(13-20(25)26-4)22(27)24-23-21(19)15(2)16(3)28-23/h8-12,18H,5-7,13H2,1-4H3,(H,24,27)/b19-8-/t18-/m1/s1. The predicted molar refractivity (Wildman–Crippen MR) is 122 cm³/mol. The molecule has 0 radical (unpaired) electrons. The first-order valence-electron chi connectivity index (χ1n) is 9.66. The Bertz CT molecular complexity index is 909. The molecule has 2 aromatic rings. The summed E-state index contributed by atoms with van der Waals surface area (Å²) in [4.78, 5) is 13.8. The van der Waals surface area contributed by atoms with Gasteiger partial charge in [-0.05, 0) is 56.7 Å². The number of benzene rings is 1. The molecular weight excluding hydrogens is 386 g/mol. The minimum Gasteiger partial charge on any atom is -0.469 e. The highest BCUT2D eigenvalue weighted by Gasteiger charge is 2.24. The Morgan fingerprint density at radius 3 is 2.64 bits per heavy atom. The van der Waals surface area contributed by atoms with E-state index in [0.29, 0.717) is 6.42 Å². The summed E-state index contributed by atoms with van der Waals surface area (Å²) in [6.07, 6.45) is 5.48. The number of ether oxygens (including phenoxy) is 1. The van der Waals surface area contributed by atoms with Crippen molar-refractivity contribution in [2.75, 3.05) is 12.4 Å². The molecule has 1 aromatic heterocycles. The van der Waals surface area contributed by atoms with Crippen molar-refractivity contribution >= 4 is 45.1 Å². The van der Waals surface area contributed by atoms with Crippen molar-refractivity contribution in [3.05, 3.63) is 57.5 Å². The predicted octanol–water partition coefficient (Wildman–Crippen LogP) is 6.21. The number of nitrogens with one attached hydrogen (secondary N) is 1. The lowest BCUT2D eigenvalue weighted by Gasteiger charge is -2.21. The van der Waals surface area contributed by atoms with Crippen molar-refractivity contribution in [1.29, 1.82) is 0 Å². The summed E-state index contributed by atoms with van der Waals surface area (Å²) >= 11 is 7.45. The second kappa shape index (κ2) is 9.01. The molecule has 1 atom stereocenters. The monoisotopic (exact) mass is 413 g/mol. The highest BCUT2D eigenvalue weighted by atomic mass is 32.1. The van der Waals surface area contributed by atoms with Crippen LogP contribution in [0.15, 0.2) is 30.3 Å². The van der Waals surface area contributed by atoms with Crippen LogP contribution in [0.1, 0.15) is 52.8 Å². The first kappa shape index (κ1) is 20.7. The van der Waals surface area contributed by atoms with Gasteiger partial charge in [0.1, 0.15) is 5.00 Å². The number of methoxy groups -OCH3 is 1. The third-order valence-corrected chi connectivity index (χ3v) is 6.93. The van der Waals surface area contributed by atoms with Gasteiger partial charge in [0.2, 0.25) is 0 Å². The summed E-state index contributed by atoms with van der Waals surface area (Å²) in [7, 11) is 1.43. The van der Waals surface area contributed by atoms with Gasteiger partial charge in [-0.2, -0.15) is 0 Å².